The molecule has 1 aromatic heterocycles. The molecule has 102 valence electrons. The monoisotopic (exact) mass is 262 g/mol. The van der Waals surface area contributed by atoms with Crippen LogP contribution in [0.4, 0.5) is 0 Å². The van der Waals surface area contributed by atoms with Crippen LogP contribution in [0.1, 0.15) is 47.7 Å². The van der Waals surface area contributed by atoms with Crippen molar-refractivity contribution in [3.8, 4) is 0 Å². The summed E-state index contributed by atoms with van der Waals surface area (Å²) in [5, 5.41) is 11.9. The van der Waals surface area contributed by atoms with E-state index in [0.717, 1.165) is 18.4 Å². The van der Waals surface area contributed by atoms with Crippen molar-refractivity contribution in [1.29, 1.82) is 0 Å². The molecule has 0 radical (unpaired) electrons. The van der Waals surface area contributed by atoms with E-state index in [-0.39, 0.29) is 17.5 Å². The van der Waals surface area contributed by atoms with E-state index < -0.39 is 0 Å². The van der Waals surface area contributed by atoms with Crippen LogP contribution in [0.5, 0.6) is 0 Å². The summed E-state index contributed by atoms with van der Waals surface area (Å²) in [5.41, 5.74) is 1.04. The molecule has 0 unspecified atom stereocenters. The molecule has 1 fully saturated rings. The second-order valence-corrected chi connectivity index (χ2v) is 5.19. The number of nitrogens with zero attached hydrogens (tertiary/aromatic N) is 2. The fourth-order valence-electron chi connectivity index (χ4n) is 2.41. The smallest absolute Gasteiger partial charge is 0.319 e. The van der Waals surface area contributed by atoms with Crippen LogP contribution in [-0.4, -0.2) is 30.7 Å². The minimum Gasteiger partial charge on any atom is -0.618 e. The quantitative estimate of drug-likeness (QED) is 0.595. The maximum Gasteiger partial charge on any atom is 0.319 e. The Morgan fingerprint density at radius 2 is 1.95 bits per heavy atom. The molecule has 0 N–H and O–H groups in total. The third-order valence-corrected chi connectivity index (χ3v) is 3.58. The van der Waals surface area contributed by atoms with Crippen LogP contribution in [0.25, 0.3) is 0 Å². The summed E-state index contributed by atoms with van der Waals surface area (Å²) in [5.74, 6) is 0.243. The molecular formula is C14H18N2O3. The molecule has 0 aliphatic heterocycles. The number of carbonyl (C=O) groups excluding carboxylic acids is 2. The number of rotatable bonds is 2. The summed E-state index contributed by atoms with van der Waals surface area (Å²) in [6.07, 6.45) is 4.22. The van der Waals surface area contributed by atoms with Crippen LogP contribution in [0.3, 0.4) is 0 Å². The van der Waals surface area contributed by atoms with Crippen molar-refractivity contribution in [1.82, 2.24) is 4.90 Å². The van der Waals surface area contributed by atoms with Crippen LogP contribution >= 0.6 is 0 Å². The maximum absolute atomic E-state index is 11.9. The summed E-state index contributed by atoms with van der Waals surface area (Å²) in [6.45, 7) is 0. The largest absolute Gasteiger partial charge is 0.618 e. The second kappa shape index (κ2) is 5.38. The van der Waals surface area contributed by atoms with Gasteiger partial charge in [0.2, 0.25) is 0 Å². The maximum atomic E-state index is 11.9. The van der Waals surface area contributed by atoms with Crippen molar-refractivity contribution in [3.63, 3.8) is 0 Å². The Bertz CT molecular complexity index is 501. The van der Waals surface area contributed by atoms with E-state index in [1.54, 1.807) is 20.2 Å². The topological polar surface area (TPSA) is 64.3 Å². The molecule has 1 saturated carbocycles. The highest BCUT2D eigenvalue weighted by Gasteiger charge is 2.24. The summed E-state index contributed by atoms with van der Waals surface area (Å²) in [7, 11) is 3.23. The average Bonchev–Trinajstić information content (AvgIpc) is 2.38. The summed E-state index contributed by atoms with van der Waals surface area (Å²) >= 11 is 0. The molecule has 19 heavy (non-hydrogen) atoms. The highest BCUT2D eigenvalue weighted by molar-refractivity contribution is 5.90. The first-order valence-corrected chi connectivity index (χ1v) is 6.45. The first-order chi connectivity index (χ1) is 8.99. The zero-order valence-corrected chi connectivity index (χ0v) is 11.3. The molecule has 0 spiro atoms. The van der Waals surface area contributed by atoms with Gasteiger partial charge in [-0.1, -0.05) is 0 Å². The fourth-order valence-corrected chi connectivity index (χ4v) is 2.41. The molecule has 1 amide bonds. The zero-order chi connectivity index (χ0) is 14.0. The molecular weight excluding hydrogens is 244 g/mol. The summed E-state index contributed by atoms with van der Waals surface area (Å²) in [4.78, 5) is 24.3. The molecule has 2 rings (SSSR count). The van der Waals surface area contributed by atoms with E-state index >= 15 is 0 Å². The van der Waals surface area contributed by atoms with E-state index in [2.05, 4.69) is 0 Å². The van der Waals surface area contributed by atoms with Crippen molar-refractivity contribution >= 4 is 11.7 Å². The Kier molecular flexibility index (Phi) is 3.83. The SMILES string of the molecule is CN(C)C(=O)c1ccc(C2CCC(=O)CC2)c[n+]1[O-]. The third-order valence-electron chi connectivity index (χ3n) is 3.58. The normalized spacial score (nSPS) is 16.4. The van der Waals surface area contributed by atoms with Gasteiger partial charge >= 0.3 is 5.91 Å². The van der Waals surface area contributed by atoms with Crippen LogP contribution in [0, 0.1) is 5.21 Å². The highest BCUT2D eigenvalue weighted by atomic mass is 16.5. The zero-order valence-electron chi connectivity index (χ0n) is 11.3. The standard InChI is InChI=1S/C14H18N2O3/c1-15(2)14(18)13-8-5-11(9-16(13)19)10-3-6-12(17)7-4-10/h5,8-10H,3-4,6-7H2,1-2H3. The van der Waals surface area contributed by atoms with Gasteiger partial charge in [0.1, 0.15) is 5.78 Å². The lowest BCUT2D eigenvalue weighted by atomic mass is 9.84. The Morgan fingerprint density at radius 3 is 2.47 bits per heavy atom. The van der Waals surface area contributed by atoms with Crippen molar-refractivity contribution in [2.75, 3.05) is 14.1 Å². The van der Waals surface area contributed by atoms with E-state index in [0.29, 0.717) is 23.4 Å². The molecule has 0 saturated heterocycles. The second-order valence-electron chi connectivity index (χ2n) is 5.19. The molecule has 1 aliphatic carbocycles. The Balaban J connectivity index is 2.19. The van der Waals surface area contributed by atoms with Gasteiger partial charge in [-0.3, -0.25) is 9.59 Å². The number of pyridine rings is 1. The van der Waals surface area contributed by atoms with Gasteiger partial charge in [-0.05, 0) is 24.8 Å². The van der Waals surface area contributed by atoms with Crippen LogP contribution in [0.15, 0.2) is 18.3 Å². The molecule has 1 aliphatic rings. The minimum absolute atomic E-state index is 0.126. The Labute approximate surface area is 112 Å². The molecule has 1 aromatic rings. The third kappa shape index (κ3) is 2.92. The van der Waals surface area contributed by atoms with Crippen molar-refractivity contribution in [2.24, 2.45) is 0 Å². The summed E-state index contributed by atoms with van der Waals surface area (Å²) < 4.78 is 0.633. The first-order valence-electron chi connectivity index (χ1n) is 6.45. The van der Waals surface area contributed by atoms with Crippen LogP contribution in [-0.2, 0) is 4.79 Å². The van der Waals surface area contributed by atoms with E-state index in [4.69, 9.17) is 0 Å². The number of hydrogen-bond acceptors (Lipinski definition) is 3. The van der Waals surface area contributed by atoms with Crippen LogP contribution in [0.2, 0.25) is 0 Å². The highest BCUT2D eigenvalue weighted by Crippen LogP contribution is 2.30. The Hall–Kier alpha value is -1.91. The fraction of sp³-hybridized carbons (Fsp3) is 0.500. The molecule has 0 aromatic carbocycles. The molecule has 5 heteroatoms. The number of aromatic nitrogens is 1. The van der Waals surface area contributed by atoms with Gasteiger partial charge in [-0.2, -0.15) is 4.73 Å². The lowest BCUT2D eigenvalue weighted by Crippen LogP contribution is -2.39. The number of ketones is 1. The van der Waals surface area contributed by atoms with E-state index in [9.17, 15) is 14.8 Å². The van der Waals surface area contributed by atoms with Gasteiger partial charge in [-0.25, -0.2) is 0 Å². The number of Topliss-reactive ketones (excluding diaryl/α,β-unsaturated/α-hetero) is 1. The lowest BCUT2D eigenvalue weighted by molar-refractivity contribution is -0.608. The first kappa shape index (κ1) is 13.5. The number of amides is 1. The van der Waals surface area contributed by atoms with Crippen molar-refractivity contribution < 1.29 is 14.3 Å². The molecule has 0 bridgehead atoms. The average molecular weight is 262 g/mol. The van der Waals surface area contributed by atoms with Gasteiger partial charge in [-0.15, -0.1) is 0 Å². The van der Waals surface area contributed by atoms with Crippen molar-refractivity contribution in [2.45, 2.75) is 31.6 Å². The van der Waals surface area contributed by atoms with Gasteiger partial charge in [0, 0.05) is 38.6 Å². The minimum atomic E-state index is -0.305. The number of hydrogen-bond donors (Lipinski definition) is 0. The van der Waals surface area contributed by atoms with Gasteiger partial charge in [0.15, 0.2) is 6.20 Å². The van der Waals surface area contributed by atoms with E-state index in [1.165, 1.54) is 11.1 Å². The molecule has 5 nitrogen and oxygen atoms in total. The van der Waals surface area contributed by atoms with Crippen molar-refractivity contribution in [3.05, 3.63) is 34.8 Å². The number of carbonyl (C=O) groups is 2. The van der Waals surface area contributed by atoms with E-state index in [1.807, 2.05) is 6.07 Å². The summed E-state index contributed by atoms with van der Waals surface area (Å²) in [6, 6.07) is 3.40. The predicted molar refractivity (Wildman–Crippen MR) is 69.6 cm³/mol. The molecule has 0 atom stereocenters. The predicted octanol–water partition coefficient (Wildman–Crippen LogP) is 1.25. The Morgan fingerprint density at radius 1 is 1.32 bits per heavy atom. The lowest BCUT2D eigenvalue weighted by Gasteiger charge is -2.20. The van der Waals surface area contributed by atoms with Gasteiger partial charge in [0.05, 0.1) is 0 Å². The van der Waals surface area contributed by atoms with Crippen LogP contribution < -0.4 is 4.73 Å². The van der Waals surface area contributed by atoms with Gasteiger partial charge < -0.3 is 10.1 Å². The molecule has 1 heterocycles. The van der Waals surface area contributed by atoms with Gasteiger partial charge in [0.25, 0.3) is 5.69 Å².